The van der Waals surface area contributed by atoms with E-state index in [1.807, 2.05) is 11.0 Å². The molecule has 2 N–H and O–H groups in total. The first-order valence-corrected chi connectivity index (χ1v) is 7.80. The zero-order chi connectivity index (χ0) is 13.9. The molecule has 0 unspecified atom stereocenters. The molecule has 3 heteroatoms. The average Bonchev–Trinajstić information content (AvgIpc) is 3.22. The van der Waals surface area contributed by atoms with Gasteiger partial charge >= 0.3 is 0 Å². The summed E-state index contributed by atoms with van der Waals surface area (Å²) in [6, 6.07) is 10.5. The van der Waals surface area contributed by atoms with E-state index in [2.05, 4.69) is 24.3 Å². The first kappa shape index (κ1) is 13.6. The highest BCUT2D eigenvalue weighted by atomic mass is 16.2. The van der Waals surface area contributed by atoms with Crippen LogP contribution in [0.2, 0.25) is 0 Å². The summed E-state index contributed by atoms with van der Waals surface area (Å²) < 4.78 is 0. The van der Waals surface area contributed by atoms with Crippen LogP contribution in [-0.2, 0) is 4.79 Å². The molecule has 1 aromatic rings. The van der Waals surface area contributed by atoms with E-state index in [9.17, 15) is 4.79 Å². The highest BCUT2D eigenvalue weighted by Crippen LogP contribution is 2.35. The number of amides is 1. The van der Waals surface area contributed by atoms with Gasteiger partial charge in [0.25, 0.3) is 0 Å². The van der Waals surface area contributed by atoms with E-state index in [1.165, 1.54) is 18.4 Å². The normalized spacial score (nSPS) is 25.9. The average molecular weight is 272 g/mol. The molecular formula is C17H24N2O. The van der Waals surface area contributed by atoms with Crippen molar-refractivity contribution in [2.45, 2.75) is 31.6 Å². The van der Waals surface area contributed by atoms with Crippen LogP contribution in [0.3, 0.4) is 0 Å². The molecule has 2 aliphatic rings. The van der Waals surface area contributed by atoms with Crippen molar-refractivity contribution in [2.75, 3.05) is 19.6 Å². The second-order valence-corrected chi connectivity index (χ2v) is 6.29. The Hall–Kier alpha value is -1.35. The topological polar surface area (TPSA) is 46.3 Å². The molecule has 1 aromatic carbocycles. The van der Waals surface area contributed by atoms with Gasteiger partial charge in [0.15, 0.2) is 0 Å². The molecule has 0 radical (unpaired) electrons. The minimum atomic E-state index is 0.328. The smallest absolute Gasteiger partial charge is 0.222 e. The van der Waals surface area contributed by atoms with Gasteiger partial charge in [0.1, 0.15) is 0 Å². The van der Waals surface area contributed by atoms with Crippen molar-refractivity contribution < 1.29 is 4.79 Å². The Kier molecular flexibility index (Phi) is 4.06. The van der Waals surface area contributed by atoms with Crippen molar-refractivity contribution in [3.63, 3.8) is 0 Å². The molecule has 108 valence electrons. The summed E-state index contributed by atoms with van der Waals surface area (Å²) in [7, 11) is 0. The molecule has 3 rings (SSSR count). The first-order valence-electron chi connectivity index (χ1n) is 7.80. The SMILES string of the molecule is NC[C@@H]1CN(C(=O)CCC2CC2)C[C@H]1c1ccccc1. The Bertz CT molecular complexity index is 455. The molecule has 1 heterocycles. The van der Waals surface area contributed by atoms with E-state index in [0.29, 0.717) is 24.3 Å². The van der Waals surface area contributed by atoms with E-state index in [-0.39, 0.29) is 0 Å². The number of carbonyl (C=O) groups is 1. The maximum Gasteiger partial charge on any atom is 0.222 e. The van der Waals surface area contributed by atoms with E-state index < -0.39 is 0 Å². The molecule has 1 saturated carbocycles. The van der Waals surface area contributed by atoms with Crippen LogP contribution in [0.4, 0.5) is 0 Å². The molecule has 0 bridgehead atoms. The van der Waals surface area contributed by atoms with Gasteiger partial charge in [0, 0.05) is 25.4 Å². The van der Waals surface area contributed by atoms with Crippen molar-refractivity contribution >= 4 is 5.91 Å². The summed E-state index contributed by atoms with van der Waals surface area (Å²) >= 11 is 0. The van der Waals surface area contributed by atoms with Crippen LogP contribution in [-0.4, -0.2) is 30.4 Å². The summed E-state index contributed by atoms with van der Waals surface area (Å²) in [4.78, 5) is 14.3. The molecule has 20 heavy (non-hydrogen) atoms. The Morgan fingerprint density at radius 2 is 1.95 bits per heavy atom. The van der Waals surface area contributed by atoms with Gasteiger partial charge < -0.3 is 10.6 Å². The van der Waals surface area contributed by atoms with Gasteiger partial charge in [-0.3, -0.25) is 4.79 Å². The van der Waals surface area contributed by atoms with Crippen LogP contribution in [0.5, 0.6) is 0 Å². The number of benzene rings is 1. The van der Waals surface area contributed by atoms with Crippen molar-refractivity contribution in [2.24, 2.45) is 17.6 Å². The lowest BCUT2D eigenvalue weighted by Gasteiger charge is -2.16. The Morgan fingerprint density at radius 1 is 1.20 bits per heavy atom. The lowest BCUT2D eigenvalue weighted by atomic mass is 9.89. The van der Waals surface area contributed by atoms with Crippen molar-refractivity contribution in [1.82, 2.24) is 4.90 Å². The van der Waals surface area contributed by atoms with Gasteiger partial charge in [-0.15, -0.1) is 0 Å². The number of hydrogen-bond donors (Lipinski definition) is 1. The van der Waals surface area contributed by atoms with E-state index in [4.69, 9.17) is 5.73 Å². The van der Waals surface area contributed by atoms with Crippen LogP contribution in [0.1, 0.15) is 37.2 Å². The predicted molar refractivity (Wildman–Crippen MR) is 80.3 cm³/mol. The summed E-state index contributed by atoms with van der Waals surface area (Å²) in [6.45, 7) is 2.33. The number of carbonyl (C=O) groups excluding carboxylic acids is 1. The number of rotatable bonds is 5. The Morgan fingerprint density at radius 3 is 2.60 bits per heavy atom. The number of nitrogens with zero attached hydrogens (tertiary/aromatic N) is 1. The van der Waals surface area contributed by atoms with Gasteiger partial charge in [0.2, 0.25) is 5.91 Å². The molecule has 3 nitrogen and oxygen atoms in total. The van der Waals surface area contributed by atoms with Crippen molar-refractivity contribution in [1.29, 1.82) is 0 Å². The lowest BCUT2D eigenvalue weighted by Crippen LogP contribution is -2.29. The van der Waals surface area contributed by atoms with Gasteiger partial charge in [-0.2, -0.15) is 0 Å². The summed E-state index contributed by atoms with van der Waals surface area (Å²) in [5.74, 6) is 1.97. The first-order chi connectivity index (χ1) is 9.78. The lowest BCUT2D eigenvalue weighted by molar-refractivity contribution is -0.130. The number of likely N-dealkylation sites (tertiary alicyclic amines) is 1. The molecule has 1 aliphatic carbocycles. The van der Waals surface area contributed by atoms with Crippen LogP contribution >= 0.6 is 0 Å². The molecule has 0 spiro atoms. The van der Waals surface area contributed by atoms with Crippen molar-refractivity contribution in [3.05, 3.63) is 35.9 Å². The van der Waals surface area contributed by atoms with E-state index >= 15 is 0 Å². The quantitative estimate of drug-likeness (QED) is 0.894. The zero-order valence-corrected chi connectivity index (χ0v) is 12.0. The minimum Gasteiger partial charge on any atom is -0.342 e. The Labute approximate surface area is 121 Å². The van der Waals surface area contributed by atoms with Crippen LogP contribution in [0.25, 0.3) is 0 Å². The molecule has 1 aliphatic heterocycles. The highest BCUT2D eigenvalue weighted by molar-refractivity contribution is 5.76. The van der Waals surface area contributed by atoms with Crippen LogP contribution < -0.4 is 5.73 Å². The van der Waals surface area contributed by atoms with E-state index in [0.717, 1.165) is 31.8 Å². The van der Waals surface area contributed by atoms with Gasteiger partial charge in [-0.25, -0.2) is 0 Å². The molecule has 0 aromatic heterocycles. The summed E-state index contributed by atoms with van der Waals surface area (Å²) in [6.07, 6.45) is 4.46. The third kappa shape index (κ3) is 3.04. The van der Waals surface area contributed by atoms with Crippen LogP contribution in [0, 0.1) is 11.8 Å². The third-order valence-electron chi connectivity index (χ3n) is 4.79. The summed E-state index contributed by atoms with van der Waals surface area (Å²) in [5.41, 5.74) is 7.24. The van der Waals surface area contributed by atoms with Gasteiger partial charge in [0.05, 0.1) is 0 Å². The number of nitrogens with two attached hydrogens (primary N) is 1. The monoisotopic (exact) mass is 272 g/mol. The fraction of sp³-hybridized carbons (Fsp3) is 0.588. The third-order valence-corrected chi connectivity index (χ3v) is 4.79. The zero-order valence-electron chi connectivity index (χ0n) is 12.0. The largest absolute Gasteiger partial charge is 0.342 e. The molecule has 2 fully saturated rings. The van der Waals surface area contributed by atoms with Gasteiger partial charge in [-0.1, -0.05) is 43.2 Å². The molecule has 1 saturated heterocycles. The minimum absolute atomic E-state index is 0.328. The molecule has 2 atom stereocenters. The van der Waals surface area contributed by atoms with E-state index in [1.54, 1.807) is 0 Å². The van der Waals surface area contributed by atoms with Crippen LogP contribution in [0.15, 0.2) is 30.3 Å². The highest BCUT2D eigenvalue weighted by Gasteiger charge is 2.35. The fourth-order valence-electron chi connectivity index (χ4n) is 3.28. The maximum atomic E-state index is 12.3. The standard InChI is InChI=1S/C17H24N2O/c18-10-15-11-19(17(20)9-8-13-6-7-13)12-16(15)14-4-2-1-3-5-14/h1-5,13,15-16H,6-12,18H2/t15-,16+/m1/s1. The Balaban J connectivity index is 1.62. The van der Waals surface area contributed by atoms with Gasteiger partial charge in [-0.05, 0) is 30.4 Å². The summed E-state index contributed by atoms with van der Waals surface area (Å²) in [5, 5.41) is 0. The predicted octanol–water partition coefficient (Wildman–Crippen LogP) is 2.38. The molecular weight excluding hydrogens is 248 g/mol. The molecule has 1 amide bonds. The van der Waals surface area contributed by atoms with Crippen molar-refractivity contribution in [3.8, 4) is 0 Å². The second kappa shape index (κ2) is 5.96. The second-order valence-electron chi connectivity index (χ2n) is 6.29. The number of hydrogen-bond acceptors (Lipinski definition) is 2. The maximum absolute atomic E-state index is 12.3. The fourth-order valence-corrected chi connectivity index (χ4v) is 3.28.